The van der Waals surface area contributed by atoms with Crippen molar-refractivity contribution in [2.24, 2.45) is 0 Å². The van der Waals surface area contributed by atoms with Gasteiger partial charge in [0.1, 0.15) is 11.3 Å². The van der Waals surface area contributed by atoms with E-state index < -0.39 is 0 Å². The summed E-state index contributed by atoms with van der Waals surface area (Å²) in [4.78, 5) is 4.59. The molecule has 0 saturated carbocycles. The maximum absolute atomic E-state index is 10.2. The number of rotatable bonds is 3. The van der Waals surface area contributed by atoms with Crippen LogP contribution in [-0.2, 0) is 6.54 Å². The Balaban J connectivity index is 1.92. The molecule has 3 nitrogen and oxygen atoms in total. The number of halogens is 1. The maximum atomic E-state index is 10.2. The summed E-state index contributed by atoms with van der Waals surface area (Å²) < 4.78 is 1.10. The summed E-state index contributed by atoms with van der Waals surface area (Å²) in [6, 6.07) is 16.0. The van der Waals surface area contributed by atoms with E-state index in [-0.39, 0.29) is 5.75 Å². The van der Waals surface area contributed by atoms with E-state index >= 15 is 0 Å². The second-order valence-corrected chi connectivity index (χ2v) is 6.10. The first-order valence-corrected chi connectivity index (χ1v) is 7.79. The summed E-state index contributed by atoms with van der Waals surface area (Å²) in [5.41, 5.74) is 3.49. The Bertz CT molecular complexity index is 788. The lowest BCUT2D eigenvalue weighted by Crippen LogP contribution is -2.02. The lowest BCUT2D eigenvalue weighted by Gasteiger charge is -2.10. The Morgan fingerprint density at radius 1 is 1.14 bits per heavy atom. The summed E-state index contributed by atoms with van der Waals surface area (Å²) in [6.07, 6.45) is 0. The molecule has 106 valence electrons. The number of phenols is 1. The number of pyridine rings is 1. The van der Waals surface area contributed by atoms with E-state index in [4.69, 9.17) is 0 Å². The second kappa shape index (κ2) is 5.89. The van der Waals surface area contributed by atoms with Crippen molar-refractivity contribution in [2.75, 3.05) is 5.32 Å². The van der Waals surface area contributed by atoms with E-state index in [0.29, 0.717) is 12.1 Å². The maximum Gasteiger partial charge on any atom is 0.144 e. The molecule has 1 heterocycles. The molecule has 0 spiro atoms. The first-order valence-electron chi connectivity index (χ1n) is 6.72. The van der Waals surface area contributed by atoms with Gasteiger partial charge in [-0.2, -0.15) is 0 Å². The SMILES string of the molecule is Cc1cc(I)c2ccc(CNc3ccccc3)nc2c1O. The Morgan fingerprint density at radius 2 is 1.90 bits per heavy atom. The van der Waals surface area contributed by atoms with Crippen LogP contribution in [0.15, 0.2) is 48.5 Å². The van der Waals surface area contributed by atoms with Crippen LogP contribution in [0.5, 0.6) is 5.75 Å². The molecule has 3 rings (SSSR count). The predicted molar refractivity (Wildman–Crippen MR) is 94.6 cm³/mol. The summed E-state index contributed by atoms with van der Waals surface area (Å²) in [5, 5.41) is 14.5. The third-order valence-corrected chi connectivity index (χ3v) is 4.29. The number of aromatic hydroxyl groups is 1. The third kappa shape index (κ3) is 2.95. The molecule has 0 fully saturated rings. The fraction of sp³-hybridized carbons (Fsp3) is 0.118. The molecule has 0 saturated heterocycles. The van der Waals surface area contributed by atoms with E-state index in [9.17, 15) is 5.11 Å². The molecule has 0 aliphatic carbocycles. The van der Waals surface area contributed by atoms with Crippen molar-refractivity contribution in [1.29, 1.82) is 0 Å². The van der Waals surface area contributed by atoms with Crippen LogP contribution in [-0.4, -0.2) is 10.1 Å². The minimum atomic E-state index is 0.270. The molecule has 21 heavy (non-hydrogen) atoms. The molecule has 1 aromatic heterocycles. The number of para-hydroxylation sites is 1. The smallest absolute Gasteiger partial charge is 0.144 e. The minimum absolute atomic E-state index is 0.270. The Hall–Kier alpha value is -1.82. The van der Waals surface area contributed by atoms with Crippen LogP contribution >= 0.6 is 22.6 Å². The highest BCUT2D eigenvalue weighted by molar-refractivity contribution is 14.1. The van der Waals surface area contributed by atoms with Crippen LogP contribution in [0.25, 0.3) is 10.9 Å². The summed E-state index contributed by atoms with van der Waals surface area (Å²) in [5.74, 6) is 0.270. The normalized spacial score (nSPS) is 10.8. The summed E-state index contributed by atoms with van der Waals surface area (Å²) in [6.45, 7) is 2.53. The highest BCUT2D eigenvalue weighted by Gasteiger charge is 2.09. The van der Waals surface area contributed by atoms with Crippen molar-refractivity contribution in [3.63, 3.8) is 0 Å². The highest BCUT2D eigenvalue weighted by Crippen LogP contribution is 2.30. The number of aromatic nitrogens is 1. The van der Waals surface area contributed by atoms with Crippen molar-refractivity contribution >= 4 is 39.2 Å². The molecule has 0 aliphatic heterocycles. The van der Waals surface area contributed by atoms with Gasteiger partial charge in [-0.1, -0.05) is 18.2 Å². The van der Waals surface area contributed by atoms with Crippen LogP contribution in [0.2, 0.25) is 0 Å². The third-order valence-electron chi connectivity index (χ3n) is 3.40. The molecule has 2 N–H and O–H groups in total. The van der Waals surface area contributed by atoms with Crippen LogP contribution in [0, 0.1) is 10.5 Å². The quantitative estimate of drug-likeness (QED) is 0.649. The molecule has 3 aromatic rings. The fourth-order valence-electron chi connectivity index (χ4n) is 2.24. The van der Waals surface area contributed by atoms with Crippen LogP contribution < -0.4 is 5.32 Å². The Labute approximate surface area is 137 Å². The van der Waals surface area contributed by atoms with Gasteiger partial charge < -0.3 is 10.4 Å². The highest BCUT2D eigenvalue weighted by atomic mass is 127. The summed E-state index contributed by atoms with van der Waals surface area (Å²) >= 11 is 2.28. The number of hydrogen-bond acceptors (Lipinski definition) is 3. The molecule has 0 unspecified atom stereocenters. The van der Waals surface area contributed by atoms with Gasteiger partial charge >= 0.3 is 0 Å². The molecule has 0 aliphatic rings. The number of anilines is 1. The molecule has 0 amide bonds. The molecule has 4 heteroatoms. The molecule has 0 atom stereocenters. The molecular formula is C17H15IN2O. The molecule has 2 aromatic carbocycles. The number of fused-ring (bicyclic) bond motifs is 1. The first kappa shape index (κ1) is 14.1. The van der Waals surface area contributed by atoms with Crippen molar-refractivity contribution in [2.45, 2.75) is 13.5 Å². The van der Waals surface area contributed by atoms with E-state index in [2.05, 4.69) is 32.9 Å². The zero-order valence-corrected chi connectivity index (χ0v) is 13.8. The Morgan fingerprint density at radius 3 is 2.67 bits per heavy atom. The lowest BCUT2D eigenvalue weighted by molar-refractivity contribution is 0.476. The van der Waals surface area contributed by atoms with Gasteiger partial charge in [-0.3, -0.25) is 0 Å². The number of nitrogens with zero attached hydrogens (tertiary/aromatic N) is 1. The van der Waals surface area contributed by atoms with E-state index in [1.807, 2.05) is 55.5 Å². The van der Waals surface area contributed by atoms with Gasteiger partial charge in [-0.25, -0.2) is 4.98 Å². The van der Waals surface area contributed by atoms with Gasteiger partial charge in [-0.15, -0.1) is 0 Å². The Kier molecular flexibility index (Phi) is 3.96. The predicted octanol–water partition coefficient (Wildman–Crippen LogP) is 4.47. The van der Waals surface area contributed by atoms with Crippen LogP contribution in [0.3, 0.4) is 0 Å². The van der Waals surface area contributed by atoms with E-state index in [1.165, 1.54) is 0 Å². The van der Waals surface area contributed by atoms with Gasteiger partial charge in [0.25, 0.3) is 0 Å². The zero-order chi connectivity index (χ0) is 14.8. The first-order chi connectivity index (χ1) is 10.1. The van der Waals surface area contributed by atoms with Crippen molar-refractivity contribution in [1.82, 2.24) is 4.98 Å². The standard InChI is InChI=1S/C17H15IN2O/c1-11-9-15(18)14-8-7-13(20-16(14)17(11)21)10-19-12-5-3-2-4-6-12/h2-9,19,21H,10H2,1H3. The second-order valence-electron chi connectivity index (χ2n) is 4.94. The number of benzene rings is 2. The van der Waals surface area contributed by atoms with Gasteiger partial charge in [0.15, 0.2) is 0 Å². The zero-order valence-electron chi connectivity index (χ0n) is 11.6. The number of phenolic OH excluding ortho intramolecular Hbond substituents is 1. The lowest BCUT2D eigenvalue weighted by atomic mass is 10.1. The van der Waals surface area contributed by atoms with E-state index in [0.717, 1.165) is 25.9 Å². The van der Waals surface area contributed by atoms with Gasteiger partial charge in [0.2, 0.25) is 0 Å². The van der Waals surface area contributed by atoms with Crippen molar-refractivity contribution in [3.8, 4) is 5.75 Å². The minimum Gasteiger partial charge on any atom is -0.505 e. The van der Waals surface area contributed by atoms with Crippen molar-refractivity contribution < 1.29 is 5.11 Å². The summed E-state index contributed by atoms with van der Waals surface area (Å²) in [7, 11) is 0. The molecular weight excluding hydrogens is 375 g/mol. The topological polar surface area (TPSA) is 45.2 Å². The monoisotopic (exact) mass is 390 g/mol. The van der Waals surface area contributed by atoms with Gasteiger partial charge in [0.05, 0.1) is 12.2 Å². The van der Waals surface area contributed by atoms with Gasteiger partial charge in [0, 0.05) is 14.6 Å². The van der Waals surface area contributed by atoms with Crippen molar-refractivity contribution in [3.05, 3.63) is 63.4 Å². The van der Waals surface area contributed by atoms with Crippen LogP contribution in [0.1, 0.15) is 11.3 Å². The van der Waals surface area contributed by atoms with Gasteiger partial charge in [-0.05, 0) is 65.4 Å². The molecule has 0 radical (unpaired) electrons. The molecule has 0 bridgehead atoms. The number of aryl methyl sites for hydroxylation is 1. The number of nitrogens with one attached hydrogen (secondary N) is 1. The van der Waals surface area contributed by atoms with E-state index in [1.54, 1.807) is 0 Å². The average molecular weight is 390 g/mol. The van der Waals surface area contributed by atoms with Crippen LogP contribution in [0.4, 0.5) is 5.69 Å². The average Bonchev–Trinajstić information content (AvgIpc) is 2.51. The number of hydrogen-bond donors (Lipinski definition) is 2. The fourth-order valence-corrected chi connectivity index (χ4v) is 3.15. The largest absolute Gasteiger partial charge is 0.505 e.